The number of amides is 1. The summed E-state index contributed by atoms with van der Waals surface area (Å²) in [5, 5.41) is 2.94. The van der Waals surface area contributed by atoms with E-state index in [9.17, 15) is 4.79 Å². The maximum absolute atomic E-state index is 11.7. The van der Waals surface area contributed by atoms with Crippen molar-refractivity contribution in [3.8, 4) is 0 Å². The van der Waals surface area contributed by atoms with Gasteiger partial charge in [-0.15, -0.1) is 0 Å². The molecule has 1 fully saturated rings. The third-order valence-electron chi connectivity index (χ3n) is 3.47. The van der Waals surface area contributed by atoms with E-state index in [0.717, 1.165) is 32.5 Å². The van der Waals surface area contributed by atoms with Crippen molar-refractivity contribution in [2.24, 2.45) is 5.73 Å². The van der Waals surface area contributed by atoms with E-state index in [1.807, 2.05) is 7.05 Å². The first kappa shape index (κ1) is 13.5. The van der Waals surface area contributed by atoms with Crippen LogP contribution in [0, 0.1) is 0 Å². The third-order valence-corrected chi connectivity index (χ3v) is 3.47. The smallest absolute Gasteiger partial charge is 0.221 e. The molecule has 0 radical (unpaired) electrons. The van der Waals surface area contributed by atoms with Crippen molar-refractivity contribution >= 4 is 5.91 Å². The molecule has 0 atom stereocenters. The maximum atomic E-state index is 11.7. The SMILES string of the molecule is CCN(C)CCNC(=O)CC1(N)CCCC1. The molecule has 1 aliphatic rings. The fraction of sp³-hybridized carbons (Fsp3) is 0.917. The molecule has 0 aromatic heterocycles. The first-order valence-electron chi connectivity index (χ1n) is 6.30. The minimum Gasteiger partial charge on any atom is -0.355 e. The lowest BCUT2D eigenvalue weighted by Crippen LogP contribution is -2.43. The quantitative estimate of drug-likeness (QED) is 0.703. The Morgan fingerprint density at radius 1 is 1.44 bits per heavy atom. The molecule has 94 valence electrons. The maximum Gasteiger partial charge on any atom is 0.221 e. The summed E-state index contributed by atoms with van der Waals surface area (Å²) in [5.74, 6) is 0.105. The molecule has 0 unspecified atom stereocenters. The van der Waals surface area contributed by atoms with Gasteiger partial charge in [-0.1, -0.05) is 19.8 Å². The van der Waals surface area contributed by atoms with E-state index in [2.05, 4.69) is 17.1 Å². The molecule has 0 heterocycles. The summed E-state index contributed by atoms with van der Waals surface area (Å²) in [4.78, 5) is 13.8. The Balaban J connectivity index is 2.15. The van der Waals surface area contributed by atoms with Crippen molar-refractivity contribution in [1.82, 2.24) is 10.2 Å². The summed E-state index contributed by atoms with van der Waals surface area (Å²) < 4.78 is 0. The van der Waals surface area contributed by atoms with Crippen LogP contribution in [-0.4, -0.2) is 43.0 Å². The molecule has 1 rings (SSSR count). The zero-order chi connectivity index (χ0) is 12.0. The number of carbonyl (C=O) groups excluding carboxylic acids is 1. The molecule has 0 aliphatic heterocycles. The molecule has 0 spiro atoms. The summed E-state index contributed by atoms with van der Waals surface area (Å²) in [6.07, 6.45) is 4.82. The van der Waals surface area contributed by atoms with Crippen LogP contribution in [-0.2, 0) is 4.79 Å². The monoisotopic (exact) mass is 227 g/mol. The van der Waals surface area contributed by atoms with Gasteiger partial charge in [0.15, 0.2) is 0 Å². The van der Waals surface area contributed by atoms with Crippen molar-refractivity contribution in [2.45, 2.75) is 44.6 Å². The molecule has 0 bridgehead atoms. The molecule has 0 aromatic carbocycles. The first-order chi connectivity index (χ1) is 7.56. The van der Waals surface area contributed by atoms with Crippen molar-refractivity contribution < 1.29 is 4.79 Å². The lowest BCUT2D eigenvalue weighted by atomic mass is 9.94. The van der Waals surface area contributed by atoms with E-state index in [1.165, 1.54) is 12.8 Å². The van der Waals surface area contributed by atoms with Crippen LogP contribution in [0.1, 0.15) is 39.0 Å². The zero-order valence-corrected chi connectivity index (χ0v) is 10.6. The van der Waals surface area contributed by atoms with E-state index in [-0.39, 0.29) is 11.4 Å². The second-order valence-corrected chi connectivity index (χ2v) is 4.99. The van der Waals surface area contributed by atoms with Gasteiger partial charge in [-0.2, -0.15) is 0 Å². The Morgan fingerprint density at radius 2 is 2.06 bits per heavy atom. The molecule has 0 saturated heterocycles. The van der Waals surface area contributed by atoms with Crippen LogP contribution in [0.4, 0.5) is 0 Å². The highest BCUT2D eigenvalue weighted by molar-refractivity contribution is 5.77. The number of rotatable bonds is 6. The number of likely N-dealkylation sites (N-methyl/N-ethyl adjacent to an activating group) is 1. The van der Waals surface area contributed by atoms with Crippen molar-refractivity contribution in [3.63, 3.8) is 0 Å². The molecule has 0 aromatic rings. The largest absolute Gasteiger partial charge is 0.355 e. The van der Waals surface area contributed by atoms with Gasteiger partial charge in [0.05, 0.1) is 0 Å². The summed E-state index contributed by atoms with van der Waals surface area (Å²) in [5.41, 5.74) is 5.92. The highest BCUT2D eigenvalue weighted by Gasteiger charge is 2.31. The van der Waals surface area contributed by atoms with E-state index in [0.29, 0.717) is 6.42 Å². The van der Waals surface area contributed by atoms with Crippen LogP contribution in [0.3, 0.4) is 0 Å². The lowest BCUT2D eigenvalue weighted by Gasteiger charge is -2.23. The fourth-order valence-corrected chi connectivity index (χ4v) is 2.18. The summed E-state index contributed by atoms with van der Waals surface area (Å²) in [6.45, 7) is 4.74. The molecular formula is C12H25N3O. The van der Waals surface area contributed by atoms with Crippen LogP contribution in [0.5, 0.6) is 0 Å². The molecule has 3 N–H and O–H groups in total. The van der Waals surface area contributed by atoms with E-state index < -0.39 is 0 Å². The second-order valence-electron chi connectivity index (χ2n) is 4.99. The Labute approximate surface area is 98.6 Å². The van der Waals surface area contributed by atoms with Crippen LogP contribution < -0.4 is 11.1 Å². The molecule has 16 heavy (non-hydrogen) atoms. The predicted octanol–water partition coefficient (Wildman–Crippen LogP) is 0.716. The van der Waals surface area contributed by atoms with Gasteiger partial charge < -0.3 is 16.0 Å². The van der Waals surface area contributed by atoms with Gasteiger partial charge in [0, 0.05) is 25.0 Å². The predicted molar refractivity (Wildman–Crippen MR) is 66.2 cm³/mol. The Morgan fingerprint density at radius 3 is 2.62 bits per heavy atom. The van der Waals surface area contributed by atoms with Crippen molar-refractivity contribution in [2.75, 3.05) is 26.7 Å². The van der Waals surface area contributed by atoms with Crippen LogP contribution in [0.15, 0.2) is 0 Å². The van der Waals surface area contributed by atoms with Crippen molar-refractivity contribution in [3.05, 3.63) is 0 Å². The lowest BCUT2D eigenvalue weighted by molar-refractivity contribution is -0.122. The van der Waals surface area contributed by atoms with E-state index in [4.69, 9.17) is 5.73 Å². The molecule has 4 nitrogen and oxygen atoms in total. The van der Waals surface area contributed by atoms with Gasteiger partial charge in [0.25, 0.3) is 0 Å². The number of nitrogens with one attached hydrogen (secondary N) is 1. The number of hydrogen-bond donors (Lipinski definition) is 2. The van der Waals surface area contributed by atoms with Crippen molar-refractivity contribution in [1.29, 1.82) is 0 Å². The normalized spacial score (nSPS) is 19.0. The highest BCUT2D eigenvalue weighted by atomic mass is 16.1. The van der Waals surface area contributed by atoms with Crippen LogP contribution in [0.2, 0.25) is 0 Å². The average molecular weight is 227 g/mol. The Bertz CT molecular complexity index is 224. The van der Waals surface area contributed by atoms with Gasteiger partial charge in [-0.25, -0.2) is 0 Å². The van der Waals surface area contributed by atoms with Gasteiger partial charge in [-0.3, -0.25) is 4.79 Å². The zero-order valence-electron chi connectivity index (χ0n) is 10.6. The van der Waals surface area contributed by atoms with Gasteiger partial charge in [0.1, 0.15) is 0 Å². The van der Waals surface area contributed by atoms with Crippen LogP contribution in [0.25, 0.3) is 0 Å². The second kappa shape index (κ2) is 6.21. The van der Waals surface area contributed by atoms with Crippen LogP contribution >= 0.6 is 0 Å². The van der Waals surface area contributed by atoms with Gasteiger partial charge in [-0.05, 0) is 26.4 Å². The fourth-order valence-electron chi connectivity index (χ4n) is 2.18. The molecule has 1 saturated carbocycles. The molecule has 1 aliphatic carbocycles. The highest BCUT2D eigenvalue weighted by Crippen LogP contribution is 2.29. The van der Waals surface area contributed by atoms with E-state index >= 15 is 0 Å². The Hall–Kier alpha value is -0.610. The molecule has 1 amide bonds. The minimum atomic E-state index is -0.221. The Kier molecular flexibility index (Phi) is 5.22. The number of hydrogen-bond acceptors (Lipinski definition) is 3. The topological polar surface area (TPSA) is 58.4 Å². The minimum absolute atomic E-state index is 0.105. The standard InChI is InChI=1S/C12H25N3O/c1-3-15(2)9-8-14-11(16)10-12(13)6-4-5-7-12/h3-10,13H2,1-2H3,(H,14,16). The summed E-state index contributed by atoms with van der Waals surface area (Å²) in [6, 6.07) is 0. The summed E-state index contributed by atoms with van der Waals surface area (Å²) in [7, 11) is 2.05. The van der Waals surface area contributed by atoms with Gasteiger partial charge in [0.2, 0.25) is 5.91 Å². The van der Waals surface area contributed by atoms with Gasteiger partial charge >= 0.3 is 0 Å². The number of nitrogens with zero attached hydrogens (tertiary/aromatic N) is 1. The number of nitrogens with two attached hydrogens (primary N) is 1. The first-order valence-corrected chi connectivity index (χ1v) is 6.30. The number of carbonyl (C=O) groups is 1. The third kappa shape index (κ3) is 4.49. The molecular weight excluding hydrogens is 202 g/mol. The summed E-state index contributed by atoms with van der Waals surface area (Å²) >= 11 is 0. The molecule has 4 heteroatoms. The average Bonchev–Trinajstić information content (AvgIpc) is 2.64. The van der Waals surface area contributed by atoms with E-state index in [1.54, 1.807) is 0 Å².